The predicted molar refractivity (Wildman–Crippen MR) is 96.1 cm³/mol. The molecule has 7 nitrogen and oxygen atoms in total. The monoisotopic (exact) mass is 384 g/mol. The normalized spacial score (nSPS) is 11.5. The Bertz CT molecular complexity index is 818. The lowest BCUT2D eigenvalue weighted by Crippen LogP contribution is -2.17. The average Bonchev–Trinajstić information content (AvgIpc) is 2.84. The molecule has 0 aliphatic rings. The van der Waals surface area contributed by atoms with Gasteiger partial charge < -0.3 is 15.3 Å². The molecule has 0 spiro atoms. The second-order valence-electron chi connectivity index (χ2n) is 5.24. The van der Waals surface area contributed by atoms with Gasteiger partial charge in [0.2, 0.25) is 0 Å². The summed E-state index contributed by atoms with van der Waals surface area (Å²) in [5.41, 5.74) is 7.78. The van der Waals surface area contributed by atoms with E-state index in [0.717, 1.165) is 5.69 Å². The van der Waals surface area contributed by atoms with Gasteiger partial charge in [0.1, 0.15) is 5.75 Å². The Hall–Kier alpha value is -2.25. The van der Waals surface area contributed by atoms with Crippen molar-refractivity contribution in [3.63, 3.8) is 0 Å². The molecule has 1 heterocycles. The van der Waals surface area contributed by atoms with Crippen LogP contribution >= 0.6 is 23.2 Å². The van der Waals surface area contributed by atoms with Gasteiger partial charge in [-0.3, -0.25) is 4.68 Å². The minimum absolute atomic E-state index is 0.0122. The zero-order valence-electron chi connectivity index (χ0n) is 14.0. The Kier molecular flexibility index (Phi) is 6.27. The van der Waals surface area contributed by atoms with Crippen LogP contribution in [0.3, 0.4) is 0 Å². The summed E-state index contributed by atoms with van der Waals surface area (Å²) < 4.78 is 6.82. The SMILES string of the molecule is COc1ccc(Cl)cc1/C(N)=N/OC(=O)CCn1nc(C)c(Cl)c1C. The van der Waals surface area contributed by atoms with E-state index in [1.165, 1.54) is 7.11 Å². The van der Waals surface area contributed by atoms with Gasteiger partial charge in [-0.2, -0.15) is 5.10 Å². The second-order valence-corrected chi connectivity index (χ2v) is 6.06. The number of carbonyl (C=O) groups excluding carboxylic acids is 1. The standard InChI is InChI=1S/C16H18Cl2N4O3/c1-9-15(18)10(2)22(20-9)7-6-14(23)25-21-16(19)12-8-11(17)4-5-13(12)24-3/h4-5,8H,6-7H2,1-3H3,(H2,19,21). The van der Waals surface area contributed by atoms with Gasteiger partial charge in [-0.25, -0.2) is 4.79 Å². The van der Waals surface area contributed by atoms with Gasteiger partial charge in [-0.1, -0.05) is 28.4 Å². The quantitative estimate of drug-likeness (QED) is 0.357. The topological polar surface area (TPSA) is 91.7 Å². The van der Waals surface area contributed by atoms with Gasteiger partial charge in [-0.05, 0) is 32.0 Å². The molecule has 0 aliphatic carbocycles. The highest BCUT2D eigenvalue weighted by molar-refractivity contribution is 6.31. The zero-order chi connectivity index (χ0) is 18.6. The molecule has 0 saturated carbocycles. The fourth-order valence-corrected chi connectivity index (χ4v) is 2.47. The molecule has 1 aromatic carbocycles. The molecule has 0 aliphatic heterocycles. The maximum absolute atomic E-state index is 11.9. The minimum Gasteiger partial charge on any atom is -0.496 e. The van der Waals surface area contributed by atoms with Crippen molar-refractivity contribution in [2.75, 3.05) is 7.11 Å². The first kappa shape index (κ1) is 19.1. The molecule has 0 unspecified atom stereocenters. The summed E-state index contributed by atoms with van der Waals surface area (Å²) in [6, 6.07) is 4.88. The van der Waals surface area contributed by atoms with Crippen LogP contribution in [0.1, 0.15) is 23.4 Å². The zero-order valence-corrected chi connectivity index (χ0v) is 15.6. The Balaban J connectivity index is 2.00. The van der Waals surface area contributed by atoms with E-state index in [2.05, 4.69) is 10.3 Å². The fraction of sp³-hybridized carbons (Fsp3) is 0.312. The smallest absolute Gasteiger partial charge is 0.336 e. The maximum Gasteiger partial charge on any atom is 0.336 e. The molecule has 0 atom stereocenters. The maximum atomic E-state index is 11.9. The van der Waals surface area contributed by atoms with Crippen molar-refractivity contribution in [3.8, 4) is 5.75 Å². The molecule has 2 N–H and O–H groups in total. The van der Waals surface area contributed by atoms with E-state index in [0.29, 0.717) is 33.6 Å². The largest absolute Gasteiger partial charge is 0.496 e. The molecular weight excluding hydrogens is 367 g/mol. The summed E-state index contributed by atoms with van der Waals surface area (Å²) in [4.78, 5) is 16.7. The lowest BCUT2D eigenvalue weighted by Gasteiger charge is -2.08. The van der Waals surface area contributed by atoms with Crippen LogP contribution in [-0.2, 0) is 16.2 Å². The molecule has 1 aromatic heterocycles. The van der Waals surface area contributed by atoms with Crippen LogP contribution in [0.25, 0.3) is 0 Å². The van der Waals surface area contributed by atoms with Crippen molar-refractivity contribution in [3.05, 3.63) is 45.2 Å². The number of amidine groups is 1. The van der Waals surface area contributed by atoms with E-state index in [9.17, 15) is 4.79 Å². The van der Waals surface area contributed by atoms with Crippen LogP contribution < -0.4 is 10.5 Å². The molecule has 25 heavy (non-hydrogen) atoms. The number of ether oxygens (including phenoxy) is 1. The summed E-state index contributed by atoms with van der Waals surface area (Å²) in [5.74, 6) is -0.0894. The number of oxime groups is 1. The van der Waals surface area contributed by atoms with Crippen molar-refractivity contribution >= 4 is 35.0 Å². The number of benzene rings is 1. The van der Waals surface area contributed by atoms with Crippen LogP contribution in [0.2, 0.25) is 10.0 Å². The third-order valence-electron chi connectivity index (χ3n) is 3.50. The molecule has 0 fully saturated rings. The number of halogens is 2. The molecule has 0 radical (unpaired) electrons. The van der Waals surface area contributed by atoms with Gasteiger partial charge >= 0.3 is 5.97 Å². The van der Waals surface area contributed by atoms with Crippen molar-refractivity contribution in [1.82, 2.24) is 9.78 Å². The highest BCUT2D eigenvalue weighted by Gasteiger charge is 2.13. The van der Waals surface area contributed by atoms with Gasteiger partial charge in [0.05, 0.1) is 42.0 Å². The van der Waals surface area contributed by atoms with Gasteiger partial charge in [0.15, 0.2) is 5.84 Å². The van der Waals surface area contributed by atoms with Gasteiger partial charge in [-0.15, -0.1) is 0 Å². The highest BCUT2D eigenvalue weighted by Crippen LogP contribution is 2.22. The van der Waals surface area contributed by atoms with E-state index >= 15 is 0 Å². The Morgan fingerprint density at radius 3 is 2.68 bits per heavy atom. The molecule has 0 saturated heterocycles. The van der Waals surface area contributed by atoms with Crippen molar-refractivity contribution < 1.29 is 14.4 Å². The fourth-order valence-electron chi connectivity index (χ4n) is 2.17. The van der Waals surface area contributed by atoms with E-state index in [1.807, 2.05) is 6.92 Å². The van der Waals surface area contributed by atoms with Crippen LogP contribution in [0, 0.1) is 13.8 Å². The van der Waals surface area contributed by atoms with Crippen LogP contribution in [0.15, 0.2) is 23.4 Å². The van der Waals surface area contributed by atoms with Crippen molar-refractivity contribution in [1.29, 1.82) is 0 Å². The van der Waals surface area contributed by atoms with E-state index in [-0.39, 0.29) is 12.3 Å². The number of aryl methyl sites for hydroxylation is 2. The number of rotatable bonds is 6. The first-order valence-electron chi connectivity index (χ1n) is 7.40. The summed E-state index contributed by atoms with van der Waals surface area (Å²) in [5, 5.41) is 8.94. The molecule has 2 rings (SSSR count). The van der Waals surface area contributed by atoms with E-state index in [1.54, 1.807) is 29.8 Å². The highest BCUT2D eigenvalue weighted by atomic mass is 35.5. The first-order valence-corrected chi connectivity index (χ1v) is 8.15. The lowest BCUT2D eigenvalue weighted by molar-refractivity contribution is -0.144. The van der Waals surface area contributed by atoms with Crippen LogP contribution in [-0.4, -0.2) is 28.7 Å². The van der Waals surface area contributed by atoms with Crippen molar-refractivity contribution in [2.45, 2.75) is 26.8 Å². The van der Waals surface area contributed by atoms with Crippen molar-refractivity contribution in [2.24, 2.45) is 10.9 Å². The number of carbonyl (C=O) groups is 1. The Morgan fingerprint density at radius 1 is 1.36 bits per heavy atom. The van der Waals surface area contributed by atoms with Crippen LogP contribution in [0.4, 0.5) is 0 Å². The number of nitrogens with two attached hydrogens (primary N) is 1. The van der Waals surface area contributed by atoms with Gasteiger partial charge in [0.25, 0.3) is 0 Å². The second kappa shape index (κ2) is 8.22. The summed E-state index contributed by atoms with van der Waals surface area (Å²) in [7, 11) is 1.49. The number of methoxy groups -OCH3 is 1. The first-order chi connectivity index (χ1) is 11.8. The molecule has 0 amide bonds. The third kappa shape index (κ3) is 4.64. The molecule has 0 bridgehead atoms. The summed E-state index contributed by atoms with van der Waals surface area (Å²) >= 11 is 12.0. The molecule has 2 aromatic rings. The molecule has 9 heteroatoms. The predicted octanol–water partition coefficient (Wildman–Crippen LogP) is 3.07. The average molecular weight is 385 g/mol. The number of aromatic nitrogens is 2. The lowest BCUT2D eigenvalue weighted by atomic mass is 10.2. The van der Waals surface area contributed by atoms with E-state index < -0.39 is 5.97 Å². The van der Waals surface area contributed by atoms with Gasteiger partial charge in [0, 0.05) is 5.02 Å². The Labute approximate surface area is 155 Å². The number of hydrogen-bond donors (Lipinski definition) is 1. The third-order valence-corrected chi connectivity index (χ3v) is 4.29. The minimum atomic E-state index is -0.548. The number of nitrogens with zero attached hydrogens (tertiary/aromatic N) is 3. The number of hydrogen-bond acceptors (Lipinski definition) is 5. The van der Waals surface area contributed by atoms with E-state index in [4.69, 9.17) is 38.5 Å². The summed E-state index contributed by atoms with van der Waals surface area (Å²) in [6.07, 6.45) is 0.0712. The molecule has 134 valence electrons. The van der Waals surface area contributed by atoms with Crippen LogP contribution in [0.5, 0.6) is 5.75 Å². The molecular formula is C16H18Cl2N4O3. The Morgan fingerprint density at radius 2 is 2.08 bits per heavy atom. The summed E-state index contributed by atoms with van der Waals surface area (Å²) in [6.45, 7) is 3.96.